The quantitative estimate of drug-likeness (QED) is 0.422. The normalized spacial score (nSPS) is 10.3. The fourth-order valence-electron chi connectivity index (χ4n) is 2.71. The molecule has 160 valence electrons. The number of urea groups is 1. The van der Waals surface area contributed by atoms with Crippen molar-refractivity contribution in [1.82, 2.24) is 15.7 Å². The predicted octanol–water partition coefficient (Wildman–Crippen LogP) is 4.51. The molecule has 0 aliphatic heterocycles. The topological polar surface area (TPSA) is 104 Å². The van der Waals surface area contributed by atoms with Crippen LogP contribution in [0.25, 0.3) is 0 Å². The number of aromatic nitrogens is 1. The molecule has 1 heterocycles. The Morgan fingerprint density at radius 3 is 2.23 bits per heavy atom. The van der Waals surface area contributed by atoms with E-state index in [-0.39, 0.29) is 17.6 Å². The summed E-state index contributed by atoms with van der Waals surface area (Å²) in [6.07, 6.45) is 1.51. The highest BCUT2D eigenvalue weighted by Gasteiger charge is 2.07. The number of pyridine rings is 1. The van der Waals surface area contributed by atoms with E-state index < -0.39 is 0 Å². The van der Waals surface area contributed by atoms with Crippen LogP contribution in [0.15, 0.2) is 66.9 Å². The third-order valence-electron chi connectivity index (χ3n) is 4.44. The zero-order valence-electron chi connectivity index (χ0n) is 17.6. The van der Waals surface area contributed by atoms with Crippen molar-refractivity contribution in [2.45, 2.75) is 19.8 Å². The minimum atomic E-state index is -0.379. The lowest BCUT2D eigenvalue weighted by Crippen LogP contribution is -2.33. The number of carbonyl (C=O) groups excluding carboxylic acids is 2. The fourth-order valence-corrected chi connectivity index (χ4v) is 2.71. The minimum absolute atomic E-state index is 0.271. The van der Waals surface area contributed by atoms with E-state index in [2.05, 4.69) is 40.3 Å². The summed E-state index contributed by atoms with van der Waals surface area (Å²) in [5.74, 6) is 1.22. The van der Waals surface area contributed by atoms with Gasteiger partial charge in [-0.2, -0.15) is 0 Å². The highest BCUT2D eigenvalue weighted by Crippen LogP contribution is 2.23. The summed E-state index contributed by atoms with van der Waals surface area (Å²) in [5.41, 5.74) is 8.29. The number of nitrogens with one attached hydrogen (secondary N) is 4. The molecule has 0 fully saturated rings. The van der Waals surface area contributed by atoms with Crippen LogP contribution in [-0.2, 0) is 0 Å². The van der Waals surface area contributed by atoms with Gasteiger partial charge in [0.25, 0.3) is 5.91 Å². The smallest absolute Gasteiger partial charge is 0.337 e. The van der Waals surface area contributed by atoms with Crippen molar-refractivity contribution in [3.63, 3.8) is 0 Å². The highest BCUT2D eigenvalue weighted by molar-refractivity contribution is 5.92. The van der Waals surface area contributed by atoms with Crippen LogP contribution in [0.4, 0.5) is 16.2 Å². The molecule has 3 aromatic rings. The van der Waals surface area contributed by atoms with Crippen molar-refractivity contribution < 1.29 is 14.3 Å². The van der Waals surface area contributed by atoms with Crippen molar-refractivity contribution in [2.24, 2.45) is 0 Å². The van der Waals surface area contributed by atoms with E-state index in [0.717, 1.165) is 0 Å². The third kappa shape index (κ3) is 6.20. The van der Waals surface area contributed by atoms with Crippen LogP contribution >= 0.6 is 0 Å². The standard InChI is InChI=1S/C23H25N5O3/c1-15(2)16-4-6-17(7-5-16)26-23(30)28-27-18-8-10-19(11-9-18)31-20-12-13-25-21(14-20)22(29)24-3/h4-15,27H,1-3H3,(H,24,29)(H2,26,28,30). The van der Waals surface area contributed by atoms with Crippen LogP contribution in [0, 0.1) is 0 Å². The minimum Gasteiger partial charge on any atom is -0.457 e. The Hall–Kier alpha value is -4.07. The Morgan fingerprint density at radius 1 is 0.903 bits per heavy atom. The lowest BCUT2D eigenvalue weighted by molar-refractivity contribution is 0.0958. The maximum Gasteiger partial charge on any atom is 0.337 e. The van der Waals surface area contributed by atoms with Gasteiger partial charge in [-0.15, -0.1) is 0 Å². The van der Waals surface area contributed by atoms with E-state index in [1.807, 2.05) is 24.3 Å². The van der Waals surface area contributed by atoms with E-state index >= 15 is 0 Å². The molecule has 4 N–H and O–H groups in total. The van der Waals surface area contributed by atoms with Crippen LogP contribution in [0.1, 0.15) is 35.8 Å². The molecule has 0 saturated heterocycles. The zero-order chi connectivity index (χ0) is 22.2. The third-order valence-corrected chi connectivity index (χ3v) is 4.44. The summed E-state index contributed by atoms with van der Waals surface area (Å²) in [6, 6.07) is 17.6. The summed E-state index contributed by atoms with van der Waals surface area (Å²) < 4.78 is 5.75. The summed E-state index contributed by atoms with van der Waals surface area (Å²) in [5, 5.41) is 5.29. The number of hydrogen-bond acceptors (Lipinski definition) is 5. The van der Waals surface area contributed by atoms with Crippen molar-refractivity contribution in [2.75, 3.05) is 17.8 Å². The van der Waals surface area contributed by atoms with Crippen LogP contribution in [-0.4, -0.2) is 24.0 Å². The second-order valence-corrected chi connectivity index (χ2v) is 7.06. The van der Waals surface area contributed by atoms with Gasteiger partial charge in [-0.25, -0.2) is 4.79 Å². The molecular weight excluding hydrogens is 394 g/mol. The van der Waals surface area contributed by atoms with Crippen molar-refractivity contribution in [1.29, 1.82) is 0 Å². The second-order valence-electron chi connectivity index (χ2n) is 7.06. The molecule has 0 aliphatic carbocycles. The number of hydrogen-bond donors (Lipinski definition) is 4. The first-order valence-electron chi connectivity index (χ1n) is 9.83. The average Bonchev–Trinajstić information content (AvgIpc) is 2.78. The lowest BCUT2D eigenvalue weighted by atomic mass is 10.0. The predicted molar refractivity (Wildman–Crippen MR) is 120 cm³/mol. The van der Waals surface area contributed by atoms with Gasteiger partial charge >= 0.3 is 6.03 Å². The van der Waals surface area contributed by atoms with E-state index in [4.69, 9.17) is 4.74 Å². The molecule has 31 heavy (non-hydrogen) atoms. The first kappa shape index (κ1) is 21.6. The summed E-state index contributed by atoms with van der Waals surface area (Å²) >= 11 is 0. The van der Waals surface area contributed by atoms with Crippen molar-refractivity contribution >= 4 is 23.3 Å². The lowest BCUT2D eigenvalue weighted by Gasteiger charge is -2.12. The Kier molecular flexibility index (Phi) is 7.05. The Balaban J connectivity index is 1.51. The van der Waals surface area contributed by atoms with Crippen LogP contribution in [0.3, 0.4) is 0 Å². The average molecular weight is 419 g/mol. The monoisotopic (exact) mass is 419 g/mol. The zero-order valence-corrected chi connectivity index (χ0v) is 17.6. The van der Waals surface area contributed by atoms with Gasteiger partial charge in [-0.3, -0.25) is 20.6 Å². The van der Waals surface area contributed by atoms with Gasteiger partial charge in [0, 0.05) is 25.0 Å². The molecule has 3 amide bonds. The van der Waals surface area contributed by atoms with Gasteiger partial charge in [0.05, 0.1) is 5.69 Å². The molecule has 0 spiro atoms. The Bertz CT molecular complexity index is 1030. The molecule has 0 aliphatic rings. The van der Waals surface area contributed by atoms with Gasteiger partial charge < -0.3 is 15.4 Å². The largest absolute Gasteiger partial charge is 0.457 e. The van der Waals surface area contributed by atoms with Crippen LogP contribution in [0.5, 0.6) is 11.5 Å². The summed E-state index contributed by atoms with van der Waals surface area (Å²) in [7, 11) is 1.54. The van der Waals surface area contributed by atoms with Crippen LogP contribution < -0.4 is 26.2 Å². The number of hydrazine groups is 1. The Morgan fingerprint density at radius 2 is 1.58 bits per heavy atom. The number of benzene rings is 2. The van der Waals surface area contributed by atoms with E-state index in [0.29, 0.717) is 28.8 Å². The summed E-state index contributed by atoms with van der Waals surface area (Å²) in [6.45, 7) is 4.24. The van der Waals surface area contributed by atoms with E-state index in [1.54, 1.807) is 43.4 Å². The molecule has 0 unspecified atom stereocenters. The van der Waals surface area contributed by atoms with Gasteiger partial charge in [-0.1, -0.05) is 26.0 Å². The SMILES string of the molecule is CNC(=O)c1cc(Oc2ccc(NNC(=O)Nc3ccc(C(C)C)cc3)cc2)ccn1. The van der Waals surface area contributed by atoms with E-state index in [1.165, 1.54) is 11.8 Å². The first-order chi connectivity index (χ1) is 14.9. The molecule has 1 aromatic heterocycles. The first-order valence-corrected chi connectivity index (χ1v) is 9.83. The Labute approximate surface area is 181 Å². The molecule has 0 radical (unpaired) electrons. The number of rotatable bonds is 7. The molecule has 8 nitrogen and oxygen atoms in total. The van der Waals surface area contributed by atoms with Crippen LogP contribution in [0.2, 0.25) is 0 Å². The fraction of sp³-hybridized carbons (Fsp3) is 0.174. The molecular formula is C23H25N5O3. The van der Waals surface area contributed by atoms with Crippen molar-refractivity contribution in [3.05, 3.63) is 78.1 Å². The van der Waals surface area contributed by atoms with Gasteiger partial charge in [0.15, 0.2) is 0 Å². The maximum atomic E-state index is 12.1. The van der Waals surface area contributed by atoms with Gasteiger partial charge in [0.2, 0.25) is 0 Å². The maximum absolute atomic E-state index is 12.1. The number of amides is 3. The summed E-state index contributed by atoms with van der Waals surface area (Å²) in [4.78, 5) is 27.7. The molecule has 0 atom stereocenters. The number of nitrogens with zero attached hydrogens (tertiary/aromatic N) is 1. The second kappa shape index (κ2) is 10.1. The number of anilines is 2. The molecule has 8 heteroatoms. The molecule has 0 bridgehead atoms. The van der Waals surface area contributed by atoms with Gasteiger partial charge in [0.1, 0.15) is 17.2 Å². The molecule has 0 saturated carbocycles. The number of carbonyl (C=O) groups is 2. The number of ether oxygens (including phenoxy) is 1. The van der Waals surface area contributed by atoms with Crippen molar-refractivity contribution in [3.8, 4) is 11.5 Å². The van der Waals surface area contributed by atoms with E-state index in [9.17, 15) is 9.59 Å². The molecule has 3 rings (SSSR count). The van der Waals surface area contributed by atoms with Gasteiger partial charge in [-0.05, 0) is 53.9 Å². The molecule has 2 aromatic carbocycles. The highest BCUT2D eigenvalue weighted by atomic mass is 16.5.